The summed E-state index contributed by atoms with van der Waals surface area (Å²) in [6.07, 6.45) is 1.37. The van der Waals surface area contributed by atoms with Crippen LogP contribution in [0.15, 0.2) is 53.4 Å². The molecule has 2 N–H and O–H groups in total. The summed E-state index contributed by atoms with van der Waals surface area (Å²) in [5.74, 6) is -0.112. The number of hydrogen-bond donors (Lipinski definition) is 2. The van der Waals surface area contributed by atoms with Gasteiger partial charge in [-0.15, -0.1) is 0 Å². The summed E-state index contributed by atoms with van der Waals surface area (Å²) in [5, 5.41) is 2.73. The zero-order valence-corrected chi connectivity index (χ0v) is 15.8. The van der Waals surface area contributed by atoms with Gasteiger partial charge in [0.1, 0.15) is 10.6 Å². The molecule has 0 aliphatic rings. The van der Waals surface area contributed by atoms with E-state index in [1.807, 2.05) is 37.3 Å². The fourth-order valence-electron chi connectivity index (χ4n) is 2.42. The SMILES string of the molecule is CCCNC(=O)c1ccc(OC)c(S(=O)(=O)NCCc2ccccc2)c1. The quantitative estimate of drug-likeness (QED) is 0.704. The van der Waals surface area contributed by atoms with Crippen LogP contribution in [0.4, 0.5) is 0 Å². The van der Waals surface area contributed by atoms with Crippen LogP contribution in [-0.4, -0.2) is 34.5 Å². The first-order valence-corrected chi connectivity index (χ1v) is 9.96. The molecule has 0 saturated heterocycles. The molecule has 0 unspecified atom stereocenters. The second kappa shape index (κ2) is 9.35. The molecule has 1 amide bonds. The highest BCUT2D eigenvalue weighted by Gasteiger charge is 2.21. The van der Waals surface area contributed by atoms with Gasteiger partial charge in [0.2, 0.25) is 10.0 Å². The number of ether oxygens (including phenoxy) is 1. The summed E-state index contributed by atoms with van der Waals surface area (Å²) in [4.78, 5) is 12.1. The van der Waals surface area contributed by atoms with Crippen molar-refractivity contribution >= 4 is 15.9 Å². The highest BCUT2D eigenvalue weighted by molar-refractivity contribution is 7.89. The molecular weight excluding hydrogens is 352 g/mol. The number of nitrogens with one attached hydrogen (secondary N) is 2. The monoisotopic (exact) mass is 376 g/mol. The maximum Gasteiger partial charge on any atom is 0.251 e. The van der Waals surface area contributed by atoms with E-state index in [9.17, 15) is 13.2 Å². The Hall–Kier alpha value is -2.38. The number of carbonyl (C=O) groups excluding carboxylic acids is 1. The van der Waals surface area contributed by atoms with Gasteiger partial charge in [-0.25, -0.2) is 13.1 Å². The fourth-order valence-corrected chi connectivity index (χ4v) is 3.65. The van der Waals surface area contributed by atoms with E-state index < -0.39 is 10.0 Å². The molecule has 2 aromatic rings. The van der Waals surface area contributed by atoms with E-state index >= 15 is 0 Å². The van der Waals surface area contributed by atoms with Crippen molar-refractivity contribution in [2.45, 2.75) is 24.7 Å². The Balaban J connectivity index is 2.16. The minimum absolute atomic E-state index is 0.0442. The highest BCUT2D eigenvalue weighted by Crippen LogP contribution is 2.24. The van der Waals surface area contributed by atoms with Crippen LogP contribution in [0.1, 0.15) is 29.3 Å². The normalized spacial score (nSPS) is 11.2. The first-order valence-electron chi connectivity index (χ1n) is 8.47. The van der Waals surface area contributed by atoms with Gasteiger partial charge in [0.15, 0.2) is 0 Å². The predicted molar refractivity (Wildman–Crippen MR) is 101 cm³/mol. The molecule has 140 valence electrons. The molecule has 0 saturated carbocycles. The molecule has 0 aromatic heterocycles. The lowest BCUT2D eigenvalue weighted by Gasteiger charge is -2.12. The first-order chi connectivity index (χ1) is 12.5. The number of carbonyl (C=O) groups is 1. The van der Waals surface area contributed by atoms with Crippen LogP contribution in [-0.2, 0) is 16.4 Å². The maximum absolute atomic E-state index is 12.7. The van der Waals surface area contributed by atoms with Gasteiger partial charge in [-0.3, -0.25) is 4.79 Å². The van der Waals surface area contributed by atoms with Gasteiger partial charge in [-0.05, 0) is 36.6 Å². The Morgan fingerprint density at radius 3 is 2.46 bits per heavy atom. The van der Waals surface area contributed by atoms with Gasteiger partial charge in [0, 0.05) is 18.7 Å². The van der Waals surface area contributed by atoms with E-state index in [0.717, 1.165) is 12.0 Å². The third kappa shape index (κ3) is 5.31. The molecule has 0 spiro atoms. The zero-order valence-electron chi connectivity index (χ0n) is 15.0. The molecule has 0 heterocycles. The van der Waals surface area contributed by atoms with Gasteiger partial charge in [-0.1, -0.05) is 37.3 Å². The van der Waals surface area contributed by atoms with Crippen molar-refractivity contribution in [2.75, 3.05) is 20.2 Å². The lowest BCUT2D eigenvalue weighted by Crippen LogP contribution is -2.28. The van der Waals surface area contributed by atoms with E-state index in [-0.39, 0.29) is 28.7 Å². The van der Waals surface area contributed by atoms with Crippen LogP contribution in [0, 0.1) is 0 Å². The number of methoxy groups -OCH3 is 1. The number of rotatable bonds is 9. The molecule has 0 bridgehead atoms. The van der Waals surface area contributed by atoms with Crippen LogP contribution in [0.5, 0.6) is 5.75 Å². The van der Waals surface area contributed by atoms with Gasteiger partial charge in [0.25, 0.3) is 5.91 Å². The van der Waals surface area contributed by atoms with E-state index in [0.29, 0.717) is 13.0 Å². The van der Waals surface area contributed by atoms with E-state index in [1.165, 1.54) is 19.2 Å². The second-order valence-corrected chi connectivity index (χ2v) is 7.49. The molecule has 6 nitrogen and oxygen atoms in total. The summed E-state index contributed by atoms with van der Waals surface area (Å²) in [7, 11) is -2.41. The van der Waals surface area contributed by atoms with Crippen LogP contribution in [0.25, 0.3) is 0 Å². The van der Waals surface area contributed by atoms with Gasteiger partial charge < -0.3 is 10.1 Å². The molecule has 0 radical (unpaired) electrons. The Bertz CT molecular complexity index is 836. The predicted octanol–water partition coefficient (Wildman–Crippen LogP) is 2.36. The van der Waals surface area contributed by atoms with E-state index in [1.54, 1.807) is 6.07 Å². The second-order valence-electron chi connectivity index (χ2n) is 5.75. The standard InChI is InChI=1S/C19H24N2O4S/c1-3-12-20-19(22)16-9-10-17(25-2)18(14-16)26(23,24)21-13-11-15-7-5-4-6-8-15/h4-10,14,21H,3,11-13H2,1-2H3,(H,20,22). The maximum atomic E-state index is 12.7. The summed E-state index contributed by atoms with van der Waals surface area (Å²) < 4.78 is 33.1. The molecule has 0 atom stereocenters. The van der Waals surface area contributed by atoms with Crippen molar-refractivity contribution < 1.29 is 17.9 Å². The average molecular weight is 376 g/mol. The number of sulfonamides is 1. The van der Waals surface area contributed by atoms with Gasteiger partial charge in [0.05, 0.1) is 7.11 Å². The van der Waals surface area contributed by atoms with Crippen molar-refractivity contribution in [1.82, 2.24) is 10.0 Å². The van der Waals surface area contributed by atoms with Gasteiger partial charge >= 0.3 is 0 Å². The minimum Gasteiger partial charge on any atom is -0.495 e. The lowest BCUT2D eigenvalue weighted by molar-refractivity contribution is 0.0953. The first kappa shape index (κ1) is 19.9. The molecule has 2 aromatic carbocycles. The molecule has 7 heteroatoms. The summed E-state index contributed by atoms with van der Waals surface area (Å²) in [6, 6.07) is 14.0. The van der Waals surface area contributed by atoms with Crippen molar-refractivity contribution in [2.24, 2.45) is 0 Å². The average Bonchev–Trinajstić information content (AvgIpc) is 2.66. The topological polar surface area (TPSA) is 84.5 Å². The molecular formula is C19H24N2O4S. The third-order valence-electron chi connectivity index (χ3n) is 3.80. The van der Waals surface area contributed by atoms with E-state index in [4.69, 9.17) is 4.74 Å². The van der Waals surface area contributed by atoms with Crippen LogP contribution in [0.2, 0.25) is 0 Å². The molecule has 0 fully saturated rings. The van der Waals surface area contributed by atoms with Crippen LogP contribution < -0.4 is 14.8 Å². The molecule has 0 aliphatic carbocycles. The number of hydrogen-bond acceptors (Lipinski definition) is 4. The Morgan fingerprint density at radius 2 is 1.81 bits per heavy atom. The smallest absolute Gasteiger partial charge is 0.251 e. The Morgan fingerprint density at radius 1 is 1.08 bits per heavy atom. The fraction of sp³-hybridized carbons (Fsp3) is 0.316. The number of amides is 1. The Labute approximate surface area is 154 Å². The zero-order chi connectivity index (χ0) is 19.0. The van der Waals surface area contributed by atoms with Gasteiger partial charge in [-0.2, -0.15) is 0 Å². The molecule has 26 heavy (non-hydrogen) atoms. The summed E-state index contributed by atoms with van der Waals surface area (Å²) >= 11 is 0. The summed E-state index contributed by atoms with van der Waals surface area (Å²) in [5.41, 5.74) is 1.32. The van der Waals surface area contributed by atoms with Crippen molar-refractivity contribution in [1.29, 1.82) is 0 Å². The Kier molecular flexibility index (Phi) is 7.17. The van der Waals surface area contributed by atoms with Crippen molar-refractivity contribution in [3.63, 3.8) is 0 Å². The third-order valence-corrected chi connectivity index (χ3v) is 5.28. The lowest BCUT2D eigenvalue weighted by atomic mass is 10.2. The van der Waals surface area contributed by atoms with Crippen LogP contribution in [0.3, 0.4) is 0 Å². The minimum atomic E-state index is -3.80. The van der Waals surface area contributed by atoms with Crippen LogP contribution >= 0.6 is 0 Å². The van der Waals surface area contributed by atoms with E-state index in [2.05, 4.69) is 10.0 Å². The molecule has 0 aliphatic heterocycles. The largest absolute Gasteiger partial charge is 0.495 e. The van der Waals surface area contributed by atoms with Crippen molar-refractivity contribution in [3.05, 3.63) is 59.7 Å². The molecule has 2 rings (SSSR count). The highest BCUT2D eigenvalue weighted by atomic mass is 32.2. The number of benzene rings is 2. The summed E-state index contributed by atoms with van der Waals surface area (Å²) in [6.45, 7) is 2.73. The van der Waals surface area contributed by atoms with Crippen molar-refractivity contribution in [3.8, 4) is 5.75 Å².